The highest BCUT2D eigenvalue weighted by atomic mass is 16.5. The van der Waals surface area contributed by atoms with Crippen LogP contribution in [-0.4, -0.2) is 62.2 Å². The van der Waals surface area contributed by atoms with Gasteiger partial charge in [0, 0.05) is 32.4 Å². The van der Waals surface area contributed by atoms with Gasteiger partial charge in [-0.1, -0.05) is 12.1 Å². The van der Waals surface area contributed by atoms with Crippen LogP contribution in [-0.2, 0) is 31.9 Å². The second kappa shape index (κ2) is 9.82. The van der Waals surface area contributed by atoms with E-state index in [-0.39, 0.29) is 6.10 Å². The lowest BCUT2D eigenvalue weighted by atomic mass is 10.1. The van der Waals surface area contributed by atoms with Gasteiger partial charge < -0.3 is 24.3 Å². The number of nitrogens with one attached hydrogen (secondary N) is 1. The molecule has 1 fully saturated rings. The average molecular weight is 439 g/mol. The molecular weight excluding hydrogens is 408 g/mol. The van der Waals surface area contributed by atoms with Crippen molar-refractivity contribution in [1.29, 1.82) is 0 Å². The molecule has 1 unspecified atom stereocenters. The van der Waals surface area contributed by atoms with E-state index in [1.165, 1.54) is 0 Å². The van der Waals surface area contributed by atoms with Crippen LogP contribution in [0.25, 0.3) is 0 Å². The fraction of sp³-hybridized carbons (Fsp3) is 0.455. The van der Waals surface area contributed by atoms with Crippen molar-refractivity contribution in [2.45, 2.75) is 26.1 Å². The molecule has 3 aromatic rings. The lowest BCUT2D eigenvalue weighted by molar-refractivity contribution is -0.00813. The van der Waals surface area contributed by atoms with Gasteiger partial charge in [-0.3, -0.25) is 4.68 Å². The molecule has 2 aromatic heterocycles. The summed E-state index contributed by atoms with van der Waals surface area (Å²) >= 11 is 0. The molecule has 0 saturated carbocycles. The smallest absolute Gasteiger partial charge is 0.194 e. The Morgan fingerprint density at radius 2 is 2.06 bits per heavy atom. The summed E-state index contributed by atoms with van der Waals surface area (Å²) in [4.78, 5) is 7.14. The molecule has 0 radical (unpaired) electrons. The first kappa shape index (κ1) is 21.8. The molecule has 1 aliphatic rings. The molecule has 32 heavy (non-hydrogen) atoms. The number of benzene rings is 1. The highest BCUT2D eigenvalue weighted by Gasteiger charge is 2.25. The van der Waals surface area contributed by atoms with E-state index in [9.17, 15) is 0 Å². The summed E-state index contributed by atoms with van der Waals surface area (Å²) < 4.78 is 15.0. The Labute approximate surface area is 187 Å². The molecule has 0 amide bonds. The molecule has 0 aliphatic carbocycles. The first-order valence-electron chi connectivity index (χ1n) is 10.6. The maximum atomic E-state index is 6.01. The number of hydrogen-bond donors (Lipinski definition) is 1. The number of aromatic nitrogens is 5. The molecule has 1 N–H and O–H groups in total. The maximum absolute atomic E-state index is 6.01. The van der Waals surface area contributed by atoms with Crippen molar-refractivity contribution >= 4 is 5.96 Å². The number of ether oxygens (including phenoxy) is 2. The molecule has 0 spiro atoms. The first-order chi connectivity index (χ1) is 15.5. The van der Waals surface area contributed by atoms with Gasteiger partial charge in [-0.25, -0.2) is 4.99 Å². The van der Waals surface area contributed by atoms with Crippen molar-refractivity contribution in [2.75, 3.05) is 26.8 Å². The minimum atomic E-state index is -0.0532. The molecule has 1 atom stereocenters. The summed E-state index contributed by atoms with van der Waals surface area (Å²) in [6, 6.07) is 7.97. The third-order valence-corrected chi connectivity index (χ3v) is 5.62. The third-order valence-electron chi connectivity index (χ3n) is 5.62. The van der Waals surface area contributed by atoms with Crippen molar-refractivity contribution in [3.05, 3.63) is 59.4 Å². The largest absolute Gasteiger partial charge is 0.497 e. The number of nitrogens with zero attached hydrogens (tertiary/aromatic N) is 7. The standard InChI is InChI=1S/C22H30N8O2/c1-16-26-27-21(29(16)3)13-24-22(23-11-17-5-7-19(31-4)8-6-17)30-9-10-32-20(15-30)18-12-25-28(2)14-18/h5-8,12,14,20H,9-11,13,15H2,1-4H3,(H,23,24). The van der Waals surface area contributed by atoms with E-state index in [4.69, 9.17) is 14.5 Å². The third kappa shape index (κ3) is 5.08. The molecule has 10 heteroatoms. The van der Waals surface area contributed by atoms with Crippen molar-refractivity contribution in [1.82, 2.24) is 34.8 Å². The van der Waals surface area contributed by atoms with Gasteiger partial charge in [0.05, 0.1) is 39.5 Å². The van der Waals surface area contributed by atoms with E-state index in [1.807, 2.05) is 62.2 Å². The van der Waals surface area contributed by atoms with E-state index in [1.54, 1.807) is 11.8 Å². The van der Waals surface area contributed by atoms with Crippen molar-refractivity contribution in [3.8, 4) is 5.75 Å². The zero-order chi connectivity index (χ0) is 22.5. The Kier molecular flexibility index (Phi) is 6.69. The SMILES string of the molecule is COc1ccc(CN=C(NCc2nnc(C)n2C)N2CCOC(c3cnn(C)c3)C2)cc1. The second-order valence-corrected chi connectivity index (χ2v) is 7.82. The number of rotatable bonds is 6. The molecule has 0 bridgehead atoms. The van der Waals surface area contributed by atoms with Gasteiger partial charge in [-0.15, -0.1) is 10.2 Å². The van der Waals surface area contributed by atoms with Gasteiger partial charge in [-0.05, 0) is 24.6 Å². The normalized spacial score (nSPS) is 16.9. The zero-order valence-corrected chi connectivity index (χ0v) is 19.0. The highest BCUT2D eigenvalue weighted by Crippen LogP contribution is 2.22. The van der Waals surface area contributed by atoms with E-state index in [2.05, 4.69) is 25.5 Å². The number of methoxy groups -OCH3 is 1. The van der Waals surface area contributed by atoms with Gasteiger partial charge in [0.1, 0.15) is 17.7 Å². The first-order valence-corrected chi connectivity index (χ1v) is 10.6. The van der Waals surface area contributed by atoms with Crippen LogP contribution < -0.4 is 10.1 Å². The number of aliphatic imine (C=N–C) groups is 1. The van der Waals surface area contributed by atoms with Gasteiger partial charge >= 0.3 is 0 Å². The number of morpholine rings is 1. The summed E-state index contributed by atoms with van der Waals surface area (Å²) in [5.41, 5.74) is 2.17. The van der Waals surface area contributed by atoms with Crippen molar-refractivity contribution < 1.29 is 9.47 Å². The molecular formula is C22H30N8O2. The van der Waals surface area contributed by atoms with E-state index in [0.29, 0.717) is 26.2 Å². The Bertz CT molecular complexity index is 1060. The van der Waals surface area contributed by atoms with Crippen molar-refractivity contribution in [2.24, 2.45) is 19.1 Å². The molecule has 10 nitrogen and oxygen atoms in total. The minimum Gasteiger partial charge on any atom is -0.497 e. The predicted octanol–water partition coefficient (Wildman–Crippen LogP) is 1.58. The fourth-order valence-electron chi connectivity index (χ4n) is 3.58. The molecule has 4 rings (SSSR count). The highest BCUT2D eigenvalue weighted by molar-refractivity contribution is 5.80. The maximum Gasteiger partial charge on any atom is 0.194 e. The molecule has 1 aromatic carbocycles. The molecule has 1 saturated heterocycles. The van der Waals surface area contributed by atoms with Gasteiger partial charge in [-0.2, -0.15) is 5.10 Å². The van der Waals surface area contributed by atoms with Crippen LogP contribution in [0.2, 0.25) is 0 Å². The summed E-state index contributed by atoms with van der Waals surface area (Å²) in [5, 5.41) is 16.2. The van der Waals surface area contributed by atoms with Gasteiger partial charge in [0.2, 0.25) is 0 Å². The summed E-state index contributed by atoms with van der Waals surface area (Å²) in [6.45, 7) is 5.09. The van der Waals surface area contributed by atoms with Crippen LogP contribution in [0, 0.1) is 6.92 Å². The number of aryl methyl sites for hydroxylation is 2. The van der Waals surface area contributed by atoms with Crippen LogP contribution in [0.1, 0.15) is 28.9 Å². The molecule has 3 heterocycles. The average Bonchev–Trinajstić information content (AvgIpc) is 3.40. The van der Waals surface area contributed by atoms with Crippen LogP contribution in [0.15, 0.2) is 41.7 Å². The van der Waals surface area contributed by atoms with Crippen LogP contribution in [0.5, 0.6) is 5.75 Å². The van der Waals surface area contributed by atoms with E-state index in [0.717, 1.165) is 41.0 Å². The monoisotopic (exact) mass is 438 g/mol. The predicted molar refractivity (Wildman–Crippen MR) is 120 cm³/mol. The van der Waals surface area contributed by atoms with Gasteiger partial charge in [0.25, 0.3) is 0 Å². The Morgan fingerprint density at radius 1 is 1.25 bits per heavy atom. The quantitative estimate of drug-likeness (QED) is 0.461. The minimum absolute atomic E-state index is 0.0532. The second-order valence-electron chi connectivity index (χ2n) is 7.82. The van der Waals surface area contributed by atoms with Crippen molar-refractivity contribution in [3.63, 3.8) is 0 Å². The van der Waals surface area contributed by atoms with Crippen LogP contribution >= 0.6 is 0 Å². The summed E-state index contributed by atoms with van der Waals surface area (Å²) in [5.74, 6) is 3.39. The Hall–Kier alpha value is -3.40. The lowest BCUT2D eigenvalue weighted by Crippen LogP contribution is -2.48. The number of hydrogen-bond acceptors (Lipinski definition) is 6. The Balaban J connectivity index is 1.51. The Morgan fingerprint density at radius 3 is 2.72 bits per heavy atom. The lowest BCUT2D eigenvalue weighted by Gasteiger charge is -2.35. The van der Waals surface area contributed by atoms with E-state index >= 15 is 0 Å². The van der Waals surface area contributed by atoms with Crippen LogP contribution in [0.4, 0.5) is 0 Å². The van der Waals surface area contributed by atoms with Crippen LogP contribution in [0.3, 0.4) is 0 Å². The molecule has 1 aliphatic heterocycles. The topological polar surface area (TPSA) is 94.6 Å². The molecule has 170 valence electrons. The van der Waals surface area contributed by atoms with Gasteiger partial charge in [0.15, 0.2) is 11.8 Å². The van der Waals surface area contributed by atoms with E-state index < -0.39 is 0 Å². The number of guanidine groups is 1. The summed E-state index contributed by atoms with van der Waals surface area (Å²) in [7, 11) is 5.55. The fourth-order valence-corrected chi connectivity index (χ4v) is 3.58. The zero-order valence-electron chi connectivity index (χ0n) is 19.0. The summed E-state index contributed by atoms with van der Waals surface area (Å²) in [6.07, 6.45) is 3.80.